The highest BCUT2D eigenvalue weighted by atomic mass is 35.5. The molecule has 0 aliphatic carbocycles. The second-order valence-corrected chi connectivity index (χ2v) is 27.9. The molecule has 0 spiro atoms. The van der Waals surface area contributed by atoms with Crippen LogP contribution in [0.4, 0.5) is 17.1 Å². The van der Waals surface area contributed by atoms with Crippen molar-refractivity contribution < 1.29 is 30.0 Å². The molecule has 0 aromatic heterocycles. The fraction of sp³-hybridized carbons (Fsp3) is 0.253. The number of halogens is 9. The van der Waals surface area contributed by atoms with Gasteiger partial charge in [0.2, 0.25) is 0 Å². The second-order valence-electron chi connectivity index (χ2n) is 24.1. The number of carboxylic acids is 1. The van der Waals surface area contributed by atoms with Crippen molar-refractivity contribution >= 4 is 142 Å². The summed E-state index contributed by atoms with van der Waals surface area (Å²) in [4.78, 5) is 34.8. The Hall–Kier alpha value is -6.21. The number of anilines is 3. The number of β-amino-alcohol motifs (C(OH)–C–C–N with tert-alkyl or cyclic N) is 1. The van der Waals surface area contributed by atoms with Gasteiger partial charge >= 0.3 is 5.97 Å². The molecule has 3 fully saturated rings. The maximum atomic E-state index is 13.4. The maximum absolute atomic E-state index is 13.4. The van der Waals surface area contributed by atoms with Crippen LogP contribution in [0.3, 0.4) is 0 Å². The van der Waals surface area contributed by atoms with Gasteiger partial charge in [-0.25, -0.2) is 4.79 Å². The van der Waals surface area contributed by atoms with Crippen LogP contribution in [0, 0.1) is 0 Å². The lowest BCUT2D eigenvalue weighted by atomic mass is 9.93. The van der Waals surface area contributed by atoms with Gasteiger partial charge in [-0.1, -0.05) is 232 Å². The third-order valence-corrected chi connectivity index (χ3v) is 19.6. The van der Waals surface area contributed by atoms with E-state index in [0.29, 0.717) is 77.5 Å². The molecule has 12 nitrogen and oxygen atoms in total. The average Bonchev–Trinajstić information content (AvgIpc) is 0.791. The van der Waals surface area contributed by atoms with Gasteiger partial charge in [-0.2, -0.15) is 0 Å². The average molecular weight is 1480 g/mol. The lowest BCUT2D eigenvalue weighted by Gasteiger charge is -2.45. The third-order valence-electron chi connectivity index (χ3n) is 17.2. The molecule has 0 unspecified atom stereocenters. The summed E-state index contributed by atoms with van der Waals surface area (Å²) in [5, 5.41) is 49.6. The molecule has 0 bridgehead atoms. The van der Waals surface area contributed by atoms with Gasteiger partial charge in [0.05, 0.1) is 55.9 Å². The maximum Gasteiger partial charge on any atom is 0.340 e. The number of aliphatic carboxylic acids is 1. The van der Waals surface area contributed by atoms with Gasteiger partial charge in [0.25, 0.3) is 5.91 Å². The first-order valence-electron chi connectivity index (χ1n) is 31.0. The zero-order valence-corrected chi connectivity index (χ0v) is 60.2. The fourth-order valence-electron chi connectivity index (χ4n) is 12.0. The lowest BCUT2D eigenvalue weighted by molar-refractivity contribution is -0.157. The summed E-state index contributed by atoms with van der Waals surface area (Å²) in [6, 6.07) is 67.4. The van der Waals surface area contributed by atoms with Gasteiger partial charge in [0.1, 0.15) is 0 Å². The van der Waals surface area contributed by atoms with Crippen LogP contribution >= 0.6 is 104 Å². The predicted octanol–water partition coefficient (Wildman–Crippen LogP) is 17.8. The normalized spacial score (nSPS) is 18.2. The molecule has 12 rings (SSSR count). The Morgan fingerprint density at radius 2 is 0.773 bits per heavy atom. The van der Waals surface area contributed by atoms with Crippen molar-refractivity contribution in [3.05, 3.63) is 297 Å². The van der Waals surface area contributed by atoms with Crippen molar-refractivity contribution in [3.8, 4) is 0 Å². The standard InChI is InChI=1S/C25H23Cl3N2O2.C25H25Cl3N2O.C16H15Cl3N2.C9H10O3.B/c1-25(32,18-5-3-2-4-6-18)24(31)29-13-14-30(22-12-11-20(27)15-21(22)28)23(16-29)17-7-9-19(26)10-8-17;1-25(31,19-5-3-2-4-6-19)17-29-13-14-30(23-12-11-21(27)15-22(23)28)24(16-29)18-7-9-20(26)10-8-18;17-12-3-1-11(2-4-12)16-10-20-7-8-21(16)15-6-5-13(18)9-14(15)19;1-9(12,8(10)11)7-5-3-2-4-6-7;/h2-12,15,23,32H,13-14,16H2,1H3;2-12,15,24,31H,13-14,16-17H2,1H3;1-6,9,16,20H,7-8,10H2;2-6,12H,1H3,(H,10,11);/t23-,25+;24-,25-;16-;9-;/m0001./s1. The van der Waals surface area contributed by atoms with Gasteiger partial charge in [-0.15, -0.1) is 0 Å². The number of carboxylic acid groups (broad SMARTS) is 1. The van der Waals surface area contributed by atoms with E-state index < -0.39 is 22.8 Å². The molecular weight excluding hydrogens is 1410 g/mol. The predicted molar refractivity (Wildman–Crippen MR) is 401 cm³/mol. The number of amides is 1. The summed E-state index contributed by atoms with van der Waals surface area (Å²) in [5.41, 5.74) is 3.71. The van der Waals surface area contributed by atoms with Crippen molar-refractivity contribution in [3.63, 3.8) is 0 Å². The number of rotatable bonds is 13. The van der Waals surface area contributed by atoms with Crippen LogP contribution < -0.4 is 20.0 Å². The van der Waals surface area contributed by atoms with E-state index in [-0.39, 0.29) is 32.4 Å². The summed E-state index contributed by atoms with van der Waals surface area (Å²) in [6.07, 6.45) is 0. The Balaban J connectivity index is 0.000000173. The minimum absolute atomic E-state index is 0. The van der Waals surface area contributed by atoms with Gasteiger partial charge in [0, 0.05) is 104 Å². The topological polar surface area (TPSA) is 143 Å². The quantitative estimate of drug-likeness (QED) is 0.0704. The second kappa shape index (κ2) is 34.7. The number of aliphatic hydroxyl groups is 3. The molecule has 3 heterocycles. The fourth-order valence-corrected chi connectivity index (χ4v) is 13.9. The Kier molecular flexibility index (Phi) is 27.4. The van der Waals surface area contributed by atoms with Crippen molar-refractivity contribution in [1.29, 1.82) is 0 Å². The van der Waals surface area contributed by atoms with Crippen LogP contribution in [0.25, 0.3) is 0 Å². The first-order valence-corrected chi connectivity index (χ1v) is 34.4. The monoisotopic (exact) mass is 1480 g/mol. The molecule has 22 heteroatoms. The number of benzene rings is 9. The minimum atomic E-state index is -1.79. The molecule has 3 radical (unpaired) electrons. The molecular formula is C75H73BCl9N6O6. The van der Waals surface area contributed by atoms with Crippen LogP contribution in [0.1, 0.15) is 72.3 Å². The van der Waals surface area contributed by atoms with Crippen molar-refractivity contribution in [2.24, 2.45) is 0 Å². The first-order chi connectivity index (χ1) is 45.8. The van der Waals surface area contributed by atoms with Gasteiger partial charge in [-0.05, 0) is 145 Å². The summed E-state index contributed by atoms with van der Waals surface area (Å²) < 4.78 is 0. The van der Waals surface area contributed by atoms with Crippen molar-refractivity contribution in [1.82, 2.24) is 15.1 Å². The van der Waals surface area contributed by atoms with E-state index in [1.807, 2.05) is 134 Å². The molecule has 3 aliphatic heterocycles. The molecule has 9 aromatic carbocycles. The van der Waals surface area contributed by atoms with E-state index in [9.17, 15) is 24.9 Å². The number of carbonyl (C=O) groups is 2. The zero-order valence-electron chi connectivity index (χ0n) is 53.4. The smallest absolute Gasteiger partial charge is 0.340 e. The number of nitrogens with zero attached hydrogens (tertiary/aromatic N) is 5. The minimum Gasteiger partial charge on any atom is -0.479 e. The van der Waals surface area contributed by atoms with E-state index in [1.54, 1.807) is 78.6 Å². The Morgan fingerprint density at radius 1 is 0.423 bits per heavy atom. The Bertz CT molecular complexity index is 4040. The molecule has 6 atom stereocenters. The van der Waals surface area contributed by atoms with Crippen LogP contribution in [0.2, 0.25) is 45.2 Å². The number of nitrogens with one attached hydrogen (secondary N) is 1. The molecule has 505 valence electrons. The highest BCUT2D eigenvalue weighted by Gasteiger charge is 2.41. The zero-order chi connectivity index (χ0) is 68.9. The van der Waals surface area contributed by atoms with Crippen LogP contribution in [0.5, 0.6) is 0 Å². The molecule has 9 aromatic rings. The Labute approximate surface area is 614 Å². The van der Waals surface area contributed by atoms with Gasteiger partial charge in [-0.3, -0.25) is 9.69 Å². The van der Waals surface area contributed by atoms with Gasteiger partial charge in [0.15, 0.2) is 11.2 Å². The summed E-state index contributed by atoms with van der Waals surface area (Å²) in [7, 11) is 0. The number of piperazine rings is 3. The molecule has 0 saturated carbocycles. The lowest BCUT2D eigenvalue weighted by Crippen LogP contribution is -2.55. The SMILES string of the molecule is C[C@](O)(C(=O)N1CCN(c2ccc(Cl)cc2Cl)[C@H](c2ccc(Cl)cc2)C1)c1ccccc1.C[C@](O)(C(=O)O)c1ccccc1.C[C@](O)(CN1CCN(c2ccc(Cl)cc2Cl)[C@H](c2ccc(Cl)cc2)C1)c1ccccc1.Clc1ccc([C@@H]2CNCCN2c2ccc(Cl)cc2Cl)cc1.[B]. The summed E-state index contributed by atoms with van der Waals surface area (Å²) in [5.74, 6) is -1.57. The van der Waals surface area contributed by atoms with Crippen LogP contribution in [-0.2, 0) is 26.4 Å². The third kappa shape index (κ3) is 19.8. The Morgan fingerprint density at radius 3 is 1.18 bits per heavy atom. The van der Waals surface area contributed by atoms with E-state index >= 15 is 0 Å². The summed E-state index contributed by atoms with van der Waals surface area (Å²) >= 11 is 55.9. The van der Waals surface area contributed by atoms with E-state index in [4.69, 9.17) is 110 Å². The summed E-state index contributed by atoms with van der Waals surface area (Å²) in [6.45, 7) is 11.7. The molecule has 1 amide bonds. The number of hydrogen-bond donors (Lipinski definition) is 5. The first kappa shape index (κ1) is 76.5. The highest BCUT2D eigenvalue weighted by Crippen LogP contribution is 2.41. The van der Waals surface area contributed by atoms with Crippen molar-refractivity contribution in [2.45, 2.75) is 55.7 Å². The molecule has 3 aliphatic rings. The van der Waals surface area contributed by atoms with E-state index in [2.05, 4.69) is 49.2 Å². The number of carbonyl (C=O) groups excluding carboxylic acids is 1. The molecule has 3 saturated heterocycles. The van der Waals surface area contributed by atoms with Crippen molar-refractivity contribution in [2.75, 3.05) is 80.1 Å². The van der Waals surface area contributed by atoms with Crippen LogP contribution in [-0.4, -0.2) is 116 Å². The highest BCUT2D eigenvalue weighted by molar-refractivity contribution is 6.38. The van der Waals surface area contributed by atoms with E-state index in [1.165, 1.54) is 12.5 Å². The molecule has 97 heavy (non-hydrogen) atoms. The van der Waals surface area contributed by atoms with E-state index in [0.717, 1.165) is 78.0 Å². The largest absolute Gasteiger partial charge is 0.479 e. The van der Waals surface area contributed by atoms with Crippen LogP contribution in [0.15, 0.2) is 218 Å². The molecule has 5 N–H and O–H groups in total. The van der Waals surface area contributed by atoms with Gasteiger partial charge < -0.3 is 45.3 Å². The number of hydrogen-bond acceptors (Lipinski definition) is 10.